The Morgan fingerprint density at radius 1 is 1.00 bits per heavy atom. The average Bonchev–Trinajstić information content (AvgIpc) is 2.48. The summed E-state index contributed by atoms with van der Waals surface area (Å²) in [5, 5.41) is 18.5. The van der Waals surface area contributed by atoms with E-state index in [4.69, 9.17) is 0 Å². The zero-order valence-corrected chi connectivity index (χ0v) is 12.7. The van der Waals surface area contributed by atoms with Crippen LogP contribution in [0.2, 0.25) is 0 Å². The van der Waals surface area contributed by atoms with Crippen LogP contribution in [0.4, 0.5) is 0 Å². The summed E-state index contributed by atoms with van der Waals surface area (Å²) >= 11 is 0. The lowest BCUT2D eigenvalue weighted by Crippen LogP contribution is -2.44. The Kier molecular flexibility index (Phi) is 5.78. The number of nitro groups is 1. The second-order valence-electron chi connectivity index (χ2n) is 6.63. The predicted molar refractivity (Wildman–Crippen MR) is 80.4 cm³/mol. The predicted octanol–water partition coefficient (Wildman–Crippen LogP) is 2.19. The van der Waals surface area contributed by atoms with Crippen molar-refractivity contribution in [3.63, 3.8) is 0 Å². The van der Waals surface area contributed by atoms with E-state index in [1.165, 1.54) is 0 Å². The van der Waals surface area contributed by atoms with Gasteiger partial charge in [0.15, 0.2) is 0 Å². The zero-order chi connectivity index (χ0) is 14.4. The summed E-state index contributed by atoms with van der Waals surface area (Å²) in [5.74, 6) is 1.06. The molecule has 2 N–H and O–H groups in total. The molecule has 0 bridgehead atoms. The number of rotatable bonds is 6. The summed E-state index contributed by atoms with van der Waals surface area (Å²) < 4.78 is 0. The Balaban J connectivity index is 2.00. The molecule has 2 rings (SSSR count). The molecular weight excluding hydrogens is 254 g/mol. The first kappa shape index (κ1) is 15.7. The van der Waals surface area contributed by atoms with E-state index in [-0.39, 0.29) is 4.92 Å². The third-order valence-electron chi connectivity index (χ3n) is 5.30. The first-order valence-corrected chi connectivity index (χ1v) is 8.22. The maximum Gasteiger partial charge on any atom is 0.222 e. The molecule has 2 aliphatic heterocycles. The summed E-state index contributed by atoms with van der Waals surface area (Å²) in [6.45, 7) is 6.10. The van der Waals surface area contributed by atoms with Crippen molar-refractivity contribution >= 4 is 0 Å². The Morgan fingerprint density at radius 3 is 1.70 bits per heavy atom. The molecule has 5 nitrogen and oxygen atoms in total. The maximum absolute atomic E-state index is 11.8. The van der Waals surface area contributed by atoms with Gasteiger partial charge in [-0.15, -0.1) is 0 Å². The number of hydrogen-bond donors (Lipinski definition) is 2. The molecule has 0 aromatic carbocycles. The van der Waals surface area contributed by atoms with Crippen molar-refractivity contribution in [2.24, 2.45) is 11.8 Å². The second-order valence-corrected chi connectivity index (χ2v) is 6.63. The number of hydrogen-bond acceptors (Lipinski definition) is 4. The standard InChI is InChI=1S/C15H29N3O2/c1-2-15(18(19)20,11-13-3-7-16-8-4-13)12-14-5-9-17-10-6-14/h13-14,16-17H,2-12H2,1H3. The summed E-state index contributed by atoms with van der Waals surface area (Å²) in [7, 11) is 0. The fourth-order valence-electron chi connectivity index (χ4n) is 3.90. The summed E-state index contributed by atoms with van der Waals surface area (Å²) in [6, 6.07) is 0. The Morgan fingerprint density at radius 2 is 1.40 bits per heavy atom. The highest BCUT2D eigenvalue weighted by Crippen LogP contribution is 2.36. The molecule has 0 aromatic heterocycles. The van der Waals surface area contributed by atoms with Gasteiger partial charge in [0, 0.05) is 24.2 Å². The van der Waals surface area contributed by atoms with E-state index >= 15 is 0 Å². The molecule has 0 atom stereocenters. The normalized spacial score (nSPS) is 22.9. The van der Waals surface area contributed by atoms with E-state index < -0.39 is 5.54 Å². The number of nitrogens with zero attached hydrogens (tertiary/aromatic N) is 1. The van der Waals surface area contributed by atoms with Crippen molar-refractivity contribution in [2.75, 3.05) is 26.2 Å². The SMILES string of the molecule is CCC(CC1CCNCC1)(CC1CCNCC1)[N+](=O)[O-]. The van der Waals surface area contributed by atoms with Crippen LogP contribution in [0.3, 0.4) is 0 Å². The number of piperidine rings is 2. The zero-order valence-electron chi connectivity index (χ0n) is 12.7. The molecule has 0 spiro atoms. The van der Waals surface area contributed by atoms with Crippen LogP contribution < -0.4 is 10.6 Å². The molecule has 0 aliphatic carbocycles. The van der Waals surface area contributed by atoms with Crippen LogP contribution >= 0.6 is 0 Å². The van der Waals surface area contributed by atoms with Crippen LogP contribution in [0.1, 0.15) is 51.9 Å². The minimum Gasteiger partial charge on any atom is -0.317 e. The molecule has 0 aromatic rings. The number of nitrogens with one attached hydrogen (secondary N) is 2. The highest BCUT2D eigenvalue weighted by Gasteiger charge is 2.44. The third kappa shape index (κ3) is 3.92. The Labute approximate surface area is 122 Å². The molecule has 2 fully saturated rings. The molecule has 116 valence electrons. The lowest BCUT2D eigenvalue weighted by atomic mass is 9.74. The van der Waals surface area contributed by atoms with Gasteiger partial charge in [-0.2, -0.15) is 0 Å². The molecule has 2 heterocycles. The van der Waals surface area contributed by atoms with Crippen LogP contribution in [0.25, 0.3) is 0 Å². The van der Waals surface area contributed by atoms with Crippen LogP contribution in [0.5, 0.6) is 0 Å². The van der Waals surface area contributed by atoms with Crippen molar-refractivity contribution in [2.45, 2.75) is 57.4 Å². The fraction of sp³-hybridized carbons (Fsp3) is 1.00. The van der Waals surface area contributed by atoms with Crippen LogP contribution in [0.15, 0.2) is 0 Å². The van der Waals surface area contributed by atoms with E-state index in [2.05, 4.69) is 10.6 Å². The van der Waals surface area contributed by atoms with Crippen LogP contribution in [-0.2, 0) is 0 Å². The fourth-order valence-corrected chi connectivity index (χ4v) is 3.90. The van der Waals surface area contributed by atoms with Crippen molar-refractivity contribution in [3.8, 4) is 0 Å². The lowest BCUT2D eigenvalue weighted by molar-refractivity contribution is -0.576. The Bertz CT molecular complexity index is 290. The largest absolute Gasteiger partial charge is 0.317 e. The van der Waals surface area contributed by atoms with Gasteiger partial charge in [0.1, 0.15) is 0 Å². The molecule has 2 aliphatic rings. The van der Waals surface area contributed by atoms with Crippen molar-refractivity contribution < 1.29 is 4.92 Å². The van der Waals surface area contributed by atoms with Gasteiger partial charge in [0.05, 0.1) is 0 Å². The molecule has 0 unspecified atom stereocenters. The topological polar surface area (TPSA) is 67.2 Å². The molecule has 0 amide bonds. The van der Waals surface area contributed by atoms with Gasteiger partial charge < -0.3 is 10.6 Å². The highest BCUT2D eigenvalue weighted by atomic mass is 16.6. The lowest BCUT2D eigenvalue weighted by Gasteiger charge is -2.34. The van der Waals surface area contributed by atoms with Gasteiger partial charge >= 0.3 is 0 Å². The van der Waals surface area contributed by atoms with E-state index in [0.29, 0.717) is 18.3 Å². The quantitative estimate of drug-likeness (QED) is 0.579. The smallest absolute Gasteiger partial charge is 0.222 e. The van der Waals surface area contributed by atoms with E-state index in [0.717, 1.165) is 64.7 Å². The minimum absolute atomic E-state index is 0.0526. The summed E-state index contributed by atoms with van der Waals surface area (Å²) in [5.41, 5.74) is -0.677. The molecule has 2 saturated heterocycles. The van der Waals surface area contributed by atoms with E-state index in [1.54, 1.807) is 0 Å². The van der Waals surface area contributed by atoms with E-state index in [9.17, 15) is 10.1 Å². The first-order chi connectivity index (χ1) is 9.66. The van der Waals surface area contributed by atoms with Crippen LogP contribution in [-0.4, -0.2) is 36.6 Å². The third-order valence-corrected chi connectivity index (χ3v) is 5.30. The van der Waals surface area contributed by atoms with Gasteiger partial charge in [-0.05, 0) is 63.7 Å². The molecule has 20 heavy (non-hydrogen) atoms. The molecular formula is C15H29N3O2. The Hall–Kier alpha value is -0.680. The minimum atomic E-state index is -0.677. The summed E-state index contributed by atoms with van der Waals surface area (Å²) in [6.07, 6.45) is 6.63. The van der Waals surface area contributed by atoms with Gasteiger partial charge in [-0.1, -0.05) is 6.92 Å². The van der Waals surface area contributed by atoms with Gasteiger partial charge in [0.2, 0.25) is 5.54 Å². The molecule has 0 saturated carbocycles. The van der Waals surface area contributed by atoms with Gasteiger partial charge in [-0.25, -0.2) is 0 Å². The van der Waals surface area contributed by atoms with Crippen molar-refractivity contribution in [1.29, 1.82) is 0 Å². The average molecular weight is 283 g/mol. The monoisotopic (exact) mass is 283 g/mol. The van der Waals surface area contributed by atoms with Crippen LogP contribution in [0, 0.1) is 22.0 Å². The molecule has 5 heteroatoms. The van der Waals surface area contributed by atoms with E-state index in [1.807, 2.05) is 6.92 Å². The van der Waals surface area contributed by atoms with Gasteiger partial charge in [-0.3, -0.25) is 10.1 Å². The molecule has 0 radical (unpaired) electrons. The van der Waals surface area contributed by atoms with Crippen molar-refractivity contribution in [3.05, 3.63) is 10.1 Å². The van der Waals surface area contributed by atoms with Gasteiger partial charge in [0.25, 0.3) is 0 Å². The second kappa shape index (κ2) is 7.36. The first-order valence-electron chi connectivity index (χ1n) is 8.22. The maximum atomic E-state index is 11.8. The summed E-state index contributed by atoms with van der Waals surface area (Å²) in [4.78, 5) is 11.8. The van der Waals surface area contributed by atoms with Crippen molar-refractivity contribution in [1.82, 2.24) is 10.6 Å². The highest BCUT2D eigenvalue weighted by molar-refractivity contribution is 4.87.